The summed E-state index contributed by atoms with van der Waals surface area (Å²) < 4.78 is 0. The fourth-order valence-electron chi connectivity index (χ4n) is 4.20. The number of unbranched alkanes of at least 4 members (excludes halogenated alkanes) is 22. The maximum absolute atomic E-state index is 11.0. The molecule has 0 aliphatic rings. The van der Waals surface area contributed by atoms with E-state index in [9.17, 15) is 9.59 Å². The van der Waals surface area contributed by atoms with Crippen molar-refractivity contribution >= 4 is 27.7 Å². The van der Waals surface area contributed by atoms with Gasteiger partial charge in [0.05, 0.1) is 0 Å². The molecule has 0 aromatic rings. The van der Waals surface area contributed by atoms with E-state index >= 15 is 0 Å². The number of rotatable bonds is 26. The van der Waals surface area contributed by atoms with Crippen LogP contribution in [-0.4, -0.2) is 22.2 Å². The number of carbonyl (C=O) groups excluding carboxylic acids is 1. The summed E-state index contributed by atoms with van der Waals surface area (Å²) in [5, 5.41) is 9.68. The number of Topliss-reactive ketones (excluding diaryl/α,β-unsaturated/α-hetero) is 1. The van der Waals surface area contributed by atoms with E-state index in [2.05, 4.69) is 15.9 Å². The Balaban J connectivity index is 3.05. The van der Waals surface area contributed by atoms with E-state index in [0.717, 1.165) is 19.3 Å². The first kappa shape index (κ1) is 30.6. The van der Waals surface area contributed by atoms with Crippen molar-refractivity contribution in [3.8, 4) is 0 Å². The molecule has 0 saturated carbocycles. The number of alkyl halides is 1. The monoisotopic (exact) mass is 502 g/mol. The van der Waals surface area contributed by atoms with Gasteiger partial charge in [0.25, 0.3) is 0 Å². The molecule has 0 aliphatic heterocycles. The number of carboxylic acids is 1. The molecule has 0 aromatic carbocycles. The summed E-state index contributed by atoms with van der Waals surface area (Å²) in [6.07, 6.45) is 31.0. The normalized spacial score (nSPS) is 11.1. The summed E-state index contributed by atoms with van der Waals surface area (Å²) >= 11 is 3.50. The van der Waals surface area contributed by atoms with Crippen LogP contribution < -0.4 is 0 Å². The SMILES string of the molecule is O=C(O)C(=O)CCCCCCCCCCCCCCCCCCCCCCCCCBr. The Hall–Kier alpha value is -0.380. The molecule has 0 unspecified atom stereocenters. The minimum Gasteiger partial charge on any atom is -0.476 e. The number of carbonyl (C=O) groups is 2. The minimum atomic E-state index is -1.28. The molecular formula is C27H51BrO3. The molecular weight excluding hydrogens is 452 g/mol. The van der Waals surface area contributed by atoms with Gasteiger partial charge in [-0.15, -0.1) is 0 Å². The average Bonchev–Trinajstić information content (AvgIpc) is 2.76. The van der Waals surface area contributed by atoms with Crippen LogP contribution in [0.5, 0.6) is 0 Å². The largest absolute Gasteiger partial charge is 0.476 e. The number of hydrogen-bond acceptors (Lipinski definition) is 2. The fraction of sp³-hybridized carbons (Fsp3) is 0.926. The highest BCUT2D eigenvalue weighted by atomic mass is 79.9. The van der Waals surface area contributed by atoms with Crippen molar-refractivity contribution in [2.45, 2.75) is 154 Å². The van der Waals surface area contributed by atoms with E-state index in [1.165, 1.54) is 134 Å². The topological polar surface area (TPSA) is 54.4 Å². The zero-order valence-electron chi connectivity index (χ0n) is 20.3. The molecule has 0 rings (SSSR count). The van der Waals surface area contributed by atoms with E-state index < -0.39 is 11.8 Å². The number of carboxylic acid groups (broad SMARTS) is 1. The molecule has 0 amide bonds. The molecule has 0 heterocycles. The highest BCUT2D eigenvalue weighted by Gasteiger charge is 2.09. The lowest BCUT2D eigenvalue weighted by Gasteiger charge is -2.04. The van der Waals surface area contributed by atoms with E-state index in [0.29, 0.717) is 0 Å². The Kier molecular flexibility index (Phi) is 25.6. The first-order valence-corrected chi connectivity index (χ1v) is 14.6. The van der Waals surface area contributed by atoms with Gasteiger partial charge >= 0.3 is 5.97 Å². The van der Waals surface area contributed by atoms with Crippen molar-refractivity contribution < 1.29 is 14.7 Å². The van der Waals surface area contributed by atoms with E-state index in [1.54, 1.807) is 0 Å². The molecule has 0 atom stereocenters. The van der Waals surface area contributed by atoms with Crippen LogP contribution in [0.2, 0.25) is 0 Å². The Morgan fingerprint density at radius 3 is 0.871 bits per heavy atom. The molecule has 0 aromatic heterocycles. The van der Waals surface area contributed by atoms with E-state index in [1.807, 2.05) is 0 Å². The molecule has 0 fully saturated rings. The summed E-state index contributed by atoms with van der Waals surface area (Å²) in [6, 6.07) is 0. The van der Waals surface area contributed by atoms with Gasteiger partial charge in [0.1, 0.15) is 0 Å². The first-order chi connectivity index (χ1) is 15.2. The van der Waals surface area contributed by atoms with Crippen molar-refractivity contribution in [3.63, 3.8) is 0 Å². The molecule has 3 nitrogen and oxygen atoms in total. The third-order valence-corrected chi connectivity index (χ3v) is 6.84. The second-order valence-electron chi connectivity index (χ2n) is 9.30. The van der Waals surface area contributed by atoms with Gasteiger partial charge in [-0.1, -0.05) is 151 Å². The number of ketones is 1. The van der Waals surface area contributed by atoms with Gasteiger partial charge in [-0.05, 0) is 12.8 Å². The molecule has 0 bridgehead atoms. The standard InChI is InChI=1S/C27H51BrO3/c28-25-23-21-19-17-15-13-11-9-7-5-3-1-2-4-6-8-10-12-14-16-18-20-22-24-26(29)27(30)31/h1-25H2,(H,30,31). The summed E-state index contributed by atoms with van der Waals surface area (Å²) in [7, 11) is 0. The van der Waals surface area contributed by atoms with Crippen LogP contribution >= 0.6 is 15.9 Å². The van der Waals surface area contributed by atoms with Gasteiger partial charge in [0.2, 0.25) is 5.78 Å². The summed E-state index contributed by atoms with van der Waals surface area (Å²) in [4.78, 5) is 21.4. The van der Waals surface area contributed by atoms with Crippen molar-refractivity contribution in [2.24, 2.45) is 0 Å². The van der Waals surface area contributed by atoms with Gasteiger partial charge in [0, 0.05) is 11.8 Å². The second-order valence-corrected chi connectivity index (χ2v) is 10.1. The predicted molar refractivity (Wildman–Crippen MR) is 137 cm³/mol. The molecule has 0 spiro atoms. The molecule has 184 valence electrons. The summed E-state index contributed by atoms with van der Waals surface area (Å²) in [5.74, 6) is -1.93. The van der Waals surface area contributed by atoms with Crippen LogP contribution in [0.3, 0.4) is 0 Å². The Morgan fingerprint density at radius 2 is 0.645 bits per heavy atom. The van der Waals surface area contributed by atoms with Crippen molar-refractivity contribution in [1.82, 2.24) is 0 Å². The summed E-state index contributed by atoms with van der Waals surface area (Å²) in [6.45, 7) is 0. The molecule has 31 heavy (non-hydrogen) atoms. The molecule has 0 saturated heterocycles. The molecule has 1 N–H and O–H groups in total. The molecule has 4 heteroatoms. The number of halogens is 1. The van der Waals surface area contributed by atoms with Gasteiger partial charge in [-0.25, -0.2) is 4.79 Å². The zero-order valence-corrected chi connectivity index (χ0v) is 21.9. The van der Waals surface area contributed by atoms with E-state index in [-0.39, 0.29) is 6.42 Å². The zero-order chi connectivity index (χ0) is 22.8. The number of aliphatic carboxylic acids is 1. The lowest BCUT2D eigenvalue weighted by atomic mass is 10.0. The Morgan fingerprint density at radius 1 is 0.419 bits per heavy atom. The smallest absolute Gasteiger partial charge is 0.372 e. The first-order valence-electron chi connectivity index (χ1n) is 13.5. The predicted octanol–water partition coefficient (Wildman–Crippen LogP) is 9.40. The van der Waals surface area contributed by atoms with Crippen molar-refractivity contribution in [2.75, 3.05) is 5.33 Å². The van der Waals surface area contributed by atoms with Gasteiger partial charge in [-0.2, -0.15) is 0 Å². The lowest BCUT2D eigenvalue weighted by molar-refractivity contribution is -0.149. The number of hydrogen-bond donors (Lipinski definition) is 1. The quantitative estimate of drug-likeness (QED) is 0.0727. The Labute approximate surface area is 201 Å². The molecule has 0 radical (unpaired) electrons. The third kappa shape index (κ3) is 25.8. The van der Waals surface area contributed by atoms with Gasteiger partial charge < -0.3 is 5.11 Å². The van der Waals surface area contributed by atoms with Gasteiger partial charge in [0.15, 0.2) is 0 Å². The van der Waals surface area contributed by atoms with Crippen LogP contribution in [0.4, 0.5) is 0 Å². The van der Waals surface area contributed by atoms with Crippen molar-refractivity contribution in [3.05, 3.63) is 0 Å². The summed E-state index contributed by atoms with van der Waals surface area (Å²) in [5.41, 5.74) is 0. The van der Waals surface area contributed by atoms with Crippen LogP contribution in [0.25, 0.3) is 0 Å². The van der Waals surface area contributed by atoms with Crippen LogP contribution in [0.1, 0.15) is 154 Å². The lowest BCUT2D eigenvalue weighted by Crippen LogP contribution is -2.11. The Bertz CT molecular complexity index is 398. The van der Waals surface area contributed by atoms with Crippen LogP contribution in [-0.2, 0) is 9.59 Å². The van der Waals surface area contributed by atoms with Crippen molar-refractivity contribution in [1.29, 1.82) is 0 Å². The fourth-order valence-corrected chi connectivity index (χ4v) is 4.60. The van der Waals surface area contributed by atoms with Crippen LogP contribution in [0.15, 0.2) is 0 Å². The third-order valence-electron chi connectivity index (χ3n) is 6.28. The maximum atomic E-state index is 11.0. The maximum Gasteiger partial charge on any atom is 0.372 e. The van der Waals surface area contributed by atoms with Gasteiger partial charge in [-0.3, -0.25) is 4.79 Å². The average molecular weight is 504 g/mol. The highest BCUT2D eigenvalue weighted by Crippen LogP contribution is 2.15. The van der Waals surface area contributed by atoms with E-state index in [4.69, 9.17) is 5.11 Å². The van der Waals surface area contributed by atoms with Crippen LogP contribution in [0, 0.1) is 0 Å². The molecule has 0 aliphatic carbocycles. The minimum absolute atomic E-state index is 0.202. The second kappa shape index (κ2) is 25.9. The highest BCUT2D eigenvalue weighted by molar-refractivity contribution is 9.09.